The quantitative estimate of drug-likeness (QED) is 0.750. The third-order valence-electron chi connectivity index (χ3n) is 5.74. The van der Waals surface area contributed by atoms with Crippen molar-refractivity contribution in [1.29, 1.82) is 0 Å². The molecule has 0 spiro atoms. The van der Waals surface area contributed by atoms with Gasteiger partial charge in [-0.15, -0.1) is 11.8 Å². The molecule has 3 unspecified atom stereocenters. The highest BCUT2D eigenvalue weighted by Gasteiger charge is 2.50. The molecule has 2 aromatic carbocycles. The van der Waals surface area contributed by atoms with Crippen LogP contribution in [0.3, 0.4) is 0 Å². The van der Waals surface area contributed by atoms with Gasteiger partial charge in [-0.05, 0) is 37.1 Å². The Hall–Kier alpha value is -2.01. The first-order valence-corrected chi connectivity index (χ1v) is 10.5. The fourth-order valence-electron chi connectivity index (χ4n) is 4.55. The third kappa shape index (κ3) is 2.92. The number of fused-ring (bicyclic) bond motifs is 5. The van der Waals surface area contributed by atoms with Crippen molar-refractivity contribution in [1.82, 2.24) is 4.90 Å². The van der Waals surface area contributed by atoms with E-state index in [1.54, 1.807) is 11.8 Å². The summed E-state index contributed by atoms with van der Waals surface area (Å²) in [7, 11) is 0. The number of rotatable bonds is 5. The van der Waals surface area contributed by atoms with Crippen LogP contribution in [0.5, 0.6) is 0 Å². The number of nitrogens with zero attached hydrogens (tertiary/aromatic N) is 2. The zero-order valence-corrected chi connectivity index (χ0v) is 16.6. The van der Waals surface area contributed by atoms with Gasteiger partial charge in [0.15, 0.2) is 0 Å². The molecule has 5 heteroatoms. The molecule has 0 bridgehead atoms. The number of alkyl halides is 1. The van der Waals surface area contributed by atoms with Crippen molar-refractivity contribution < 1.29 is 9.18 Å². The minimum Gasteiger partial charge on any atom is -0.361 e. The molecule has 2 aromatic rings. The smallest absolute Gasteiger partial charge is 0.236 e. The zero-order valence-electron chi connectivity index (χ0n) is 15.8. The van der Waals surface area contributed by atoms with Gasteiger partial charge in [0.2, 0.25) is 5.91 Å². The second-order valence-corrected chi connectivity index (χ2v) is 8.18. The van der Waals surface area contributed by atoms with Crippen LogP contribution in [0.4, 0.5) is 10.1 Å². The highest BCUT2D eigenvalue weighted by Crippen LogP contribution is 2.58. The van der Waals surface area contributed by atoms with Gasteiger partial charge in [0.05, 0.1) is 11.3 Å². The van der Waals surface area contributed by atoms with E-state index >= 15 is 0 Å². The molecule has 3 nitrogen and oxygen atoms in total. The number of hydrogen-bond acceptors (Lipinski definition) is 3. The molecule has 2 aliphatic rings. The predicted octanol–water partition coefficient (Wildman–Crippen LogP) is 4.64. The molecule has 1 amide bonds. The van der Waals surface area contributed by atoms with E-state index in [-0.39, 0.29) is 23.1 Å². The average molecular weight is 385 g/mol. The summed E-state index contributed by atoms with van der Waals surface area (Å²) in [6.45, 7) is 5.42. The van der Waals surface area contributed by atoms with E-state index in [2.05, 4.69) is 29.2 Å². The van der Waals surface area contributed by atoms with Gasteiger partial charge in [0, 0.05) is 36.1 Å². The molecule has 2 heterocycles. The first-order chi connectivity index (χ1) is 13.2. The van der Waals surface area contributed by atoms with E-state index in [4.69, 9.17) is 0 Å². The van der Waals surface area contributed by atoms with Crippen molar-refractivity contribution in [3.05, 3.63) is 59.7 Å². The average Bonchev–Trinajstić information content (AvgIpc) is 3.03. The van der Waals surface area contributed by atoms with Crippen molar-refractivity contribution in [2.45, 2.75) is 36.0 Å². The number of para-hydroxylation sites is 1. The van der Waals surface area contributed by atoms with Gasteiger partial charge >= 0.3 is 0 Å². The predicted molar refractivity (Wildman–Crippen MR) is 109 cm³/mol. The number of amides is 1. The van der Waals surface area contributed by atoms with Crippen LogP contribution in [-0.4, -0.2) is 42.4 Å². The Morgan fingerprint density at radius 2 is 1.74 bits per heavy atom. The molecule has 0 aliphatic carbocycles. The Kier molecular flexibility index (Phi) is 5.13. The lowest BCUT2D eigenvalue weighted by Crippen LogP contribution is -2.44. The van der Waals surface area contributed by atoms with Crippen LogP contribution >= 0.6 is 11.8 Å². The summed E-state index contributed by atoms with van der Waals surface area (Å²) in [6.07, 6.45) is 0. The van der Waals surface area contributed by atoms with Crippen LogP contribution in [0.2, 0.25) is 0 Å². The molecule has 0 saturated heterocycles. The third-order valence-corrected chi connectivity index (χ3v) is 7.12. The van der Waals surface area contributed by atoms with Crippen molar-refractivity contribution in [3.8, 4) is 0 Å². The van der Waals surface area contributed by atoms with Gasteiger partial charge in [0.1, 0.15) is 6.67 Å². The summed E-state index contributed by atoms with van der Waals surface area (Å²) in [4.78, 5) is 18.6. The second-order valence-electron chi connectivity index (χ2n) is 7.00. The maximum atomic E-state index is 13.4. The van der Waals surface area contributed by atoms with E-state index in [1.165, 1.54) is 11.1 Å². The van der Waals surface area contributed by atoms with Crippen LogP contribution in [-0.2, 0) is 4.79 Å². The Bertz CT molecular complexity index is 839. The highest BCUT2D eigenvalue weighted by molar-refractivity contribution is 8.00. The molecule has 0 aromatic heterocycles. The number of thioether (sulfide) groups is 1. The van der Waals surface area contributed by atoms with E-state index < -0.39 is 6.67 Å². The molecule has 2 aliphatic heterocycles. The van der Waals surface area contributed by atoms with Crippen LogP contribution < -0.4 is 4.90 Å². The van der Waals surface area contributed by atoms with Gasteiger partial charge in [-0.1, -0.05) is 36.4 Å². The normalized spacial score (nSPS) is 22.8. The number of carbonyl (C=O) groups is 1. The number of anilines is 1. The van der Waals surface area contributed by atoms with Crippen molar-refractivity contribution in [2.24, 2.45) is 0 Å². The summed E-state index contributed by atoms with van der Waals surface area (Å²) < 4.78 is 13.4. The monoisotopic (exact) mass is 384 g/mol. The summed E-state index contributed by atoms with van der Waals surface area (Å²) >= 11 is 1.67. The maximum Gasteiger partial charge on any atom is 0.236 e. The molecular weight excluding hydrogens is 359 g/mol. The van der Waals surface area contributed by atoms with Crippen LogP contribution in [0.1, 0.15) is 36.9 Å². The van der Waals surface area contributed by atoms with Gasteiger partial charge in [0.25, 0.3) is 0 Å². The first kappa shape index (κ1) is 18.4. The Labute approximate surface area is 164 Å². The van der Waals surface area contributed by atoms with Crippen molar-refractivity contribution in [2.75, 3.05) is 31.2 Å². The molecule has 0 fully saturated rings. The highest BCUT2D eigenvalue weighted by atomic mass is 32.2. The standard InChI is InChI=1S/C22H25FN2OS/c1-3-24(4-2)22(26)21-19-15-9-5-7-11-17(15)25(14-13-23)20(19)16-10-6-8-12-18(16)27-21/h5-12,19-21H,3-4,13-14H2,1-2H3. The lowest BCUT2D eigenvalue weighted by molar-refractivity contribution is -0.130. The SMILES string of the molecule is CCN(CC)C(=O)C1Sc2ccccc2C2C1c1ccccc1N2CCF. The van der Waals surface area contributed by atoms with Gasteiger partial charge in [-0.25, -0.2) is 4.39 Å². The molecular formula is C22H25FN2OS. The molecule has 4 rings (SSSR count). The van der Waals surface area contributed by atoms with Crippen molar-refractivity contribution in [3.63, 3.8) is 0 Å². The molecule has 142 valence electrons. The maximum absolute atomic E-state index is 13.4. The van der Waals surface area contributed by atoms with E-state index in [9.17, 15) is 9.18 Å². The first-order valence-electron chi connectivity index (χ1n) is 9.67. The zero-order chi connectivity index (χ0) is 19.0. The minimum absolute atomic E-state index is 0.0140. The summed E-state index contributed by atoms with van der Waals surface area (Å²) in [5, 5.41) is -0.185. The fourth-order valence-corrected chi connectivity index (χ4v) is 5.99. The summed E-state index contributed by atoms with van der Waals surface area (Å²) in [5.74, 6) is 0.229. The fraction of sp³-hybridized carbons (Fsp3) is 0.409. The van der Waals surface area contributed by atoms with Crippen molar-refractivity contribution >= 4 is 23.4 Å². The van der Waals surface area contributed by atoms with Gasteiger partial charge in [-0.3, -0.25) is 4.79 Å². The molecule has 0 N–H and O–H groups in total. The number of hydrogen-bond donors (Lipinski definition) is 0. The Morgan fingerprint density at radius 3 is 2.44 bits per heavy atom. The summed E-state index contributed by atoms with van der Waals surface area (Å²) in [6, 6.07) is 16.5. The molecule has 0 radical (unpaired) electrons. The molecule has 0 saturated carbocycles. The second kappa shape index (κ2) is 7.55. The van der Waals surface area contributed by atoms with Crippen LogP contribution in [0.15, 0.2) is 53.4 Å². The lowest BCUT2D eigenvalue weighted by Gasteiger charge is -2.39. The van der Waals surface area contributed by atoms with E-state index in [0.29, 0.717) is 19.6 Å². The van der Waals surface area contributed by atoms with Crippen LogP contribution in [0.25, 0.3) is 0 Å². The topological polar surface area (TPSA) is 23.6 Å². The van der Waals surface area contributed by atoms with Gasteiger partial charge in [-0.2, -0.15) is 0 Å². The summed E-state index contributed by atoms with van der Waals surface area (Å²) in [5.41, 5.74) is 3.45. The molecule has 27 heavy (non-hydrogen) atoms. The van der Waals surface area contributed by atoms with Crippen LogP contribution in [0, 0.1) is 0 Å². The number of halogens is 1. The lowest BCUT2D eigenvalue weighted by atomic mass is 9.86. The van der Waals surface area contributed by atoms with Gasteiger partial charge < -0.3 is 9.80 Å². The van der Waals surface area contributed by atoms with E-state index in [1.807, 2.05) is 43.0 Å². The van der Waals surface area contributed by atoms with E-state index in [0.717, 1.165) is 10.6 Å². The Morgan fingerprint density at radius 1 is 1.07 bits per heavy atom. The Balaban J connectivity index is 1.86. The molecule has 3 atom stereocenters. The largest absolute Gasteiger partial charge is 0.361 e. The number of benzene rings is 2. The minimum atomic E-state index is -0.401. The number of carbonyl (C=O) groups excluding carboxylic acids is 1.